The van der Waals surface area contributed by atoms with Crippen molar-refractivity contribution in [2.45, 2.75) is 30.7 Å². The maximum absolute atomic E-state index is 13.0. The predicted molar refractivity (Wildman–Crippen MR) is 112 cm³/mol. The first-order chi connectivity index (χ1) is 13.2. The molecule has 0 spiro atoms. The lowest BCUT2D eigenvalue weighted by molar-refractivity contribution is -0.117. The second-order valence-corrected chi connectivity index (χ2v) is 7.84. The van der Waals surface area contributed by atoms with E-state index in [4.69, 9.17) is 0 Å². The molecule has 2 aromatic carbocycles. The molecule has 4 rings (SSSR count). The minimum absolute atomic E-state index is 0.103. The molecule has 6 heteroatoms. The van der Waals surface area contributed by atoms with Gasteiger partial charge in [-0.25, -0.2) is 9.97 Å². The first kappa shape index (κ1) is 17.8. The second kappa shape index (κ2) is 7.56. The first-order valence-corrected chi connectivity index (χ1v) is 10.1. The molecule has 1 aliphatic rings. The number of rotatable bonds is 5. The summed E-state index contributed by atoms with van der Waals surface area (Å²) in [5, 5.41) is 4.66. The van der Waals surface area contributed by atoms with Crippen LogP contribution in [0.25, 0.3) is 10.9 Å². The van der Waals surface area contributed by atoms with E-state index >= 15 is 0 Å². The van der Waals surface area contributed by atoms with Gasteiger partial charge in [-0.2, -0.15) is 0 Å². The number of fused-ring (bicyclic) bond motifs is 2. The van der Waals surface area contributed by atoms with Crippen LogP contribution in [-0.4, -0.2) is 34.2 Å². The van der Waals surface area contributed by atoms with E-state index in [2.05, 4.69) is 21.4 Å². The zero-order valence-electron chi connectivity index (χ0n) is 15.5. The fourth-order valence-electron chi connectivity index (χ4n) is 3.41. The summed E-state index contributed by atoms with van der Waals surface area (Å²) in [6.07, 6.45) is 0.913. The predicted octanol–water partition coefficient (Wildman–Crippen LogP) is 4.13. The van der Waals surface area contributed by atoms with Gasteiger partial charge in [-0.15, -0.1) is 0 Å². The highest BCUT2D eigenvalue weighted by atomic mass is 32.2. The molecule has 0 radical (unpaired) electrons. The second-order valence-electron chi connectivity index (χ2n) is 6.53. The average Bonchev–Trinajstić information content (AvgIpc) is 3.11. The third kappa shape index (κ3) is 3.49. The fourth-order valence-corrected chi connectivity index (χ4v) is 4.24. The van der Waals surface area contributed by atoms with Gasteiger partial charge in [-0.1, -0.05) is 42.1 Å². The smallest absolute Gasteiger partial charge is 0.240 e. The number of amides is 1. The standard InChI is InChI=1S/C21H22N4OS/c1-3-22-19-16-9-5-6-10-17(16)23-21(24-19)27-14(2)20(26)25-13-12-15-8-4-7-11-18(15)25/h4-11,14H,3,12-13H2,1-2H3,(H,22,23,24). The monoisotopic (exact) mass is 378 g/mol. The molecular weight excluding hydrogens is 356 g/mol. The van der Waals surface area contributed by atoms with Crippen LogP contribution in [0.2, 0.25) is 0 Å². The summed E-state index contributed by atoms with van der Waals surface area (Å²) >= 11 is 1.41. The van der Waals surface area contributed by atoms with Crippen LogP contribution in [0, 0.1) is 0 Å². The third-order valence-corrected chi connectivity index (χ3v) is 5.66. The molecular formula is C21H22N4OS. The van der Waals surface area contributed by atoms with Crippen molar-refractivity contribution in [1.29, 1.82) is 0 Å². The molecule has 0 fully saturated rings. The Labute approximate surface area is 163 Å². The van der Waals surface area contributed by atoms with Gasteiger partial charge < -0.3 is 10.2 Å². The molecule has 1 aromatic heterocycles. The van der Waals surface area contributed by atoms with E-state index in [0.717, 1.165) is 41.9 Å². The number of hydrogen-bond acceptors (Lipinski definition) is 5. The lowest BCUT2D eigenvalue weighted by atomic mass is 10.2. The summed E-state index contributed by atoms with van der Waals surface area (Å²) in [5.74, 6) is 0.920. The van der Waals surface area contributed by atoms with Crippen LogP contribution in [0.15, 0.2) is 53.7 Å². The molecule has 0 saturated carbocycles. The Bertz CT molecular complexity index is 991. The molecule has 1 aliphatic heterocycles. The van der Waals surface area contributed by atoms with Gasteiger partial charge in [0.05, 0.1) is 10.8 Å². The molecule has 0 bridgehead atoms. The first-order valence-electron chi connectivity index (χ1n) is 9.24. The van der Waals surface area contributed by atoms with Crippen LogP contribution in [0.5, 0.6) is 0 Å². The number of hydrogen-bond donors (Lipinski definition) is 1. The number of para-hydroxylation sites is 2. The van der Waals surface area contributed by atoms with Gasteiger partial charge in [0.15, 0.2) is 5.16 Å². The number of aromatic nitrogens is 2. The molecule has 1 unspecified atom stereocenters. The number of carbonyl (C=O) groups excluding carboxylic acids is 1. The van der Waals surface area contributed by atoms with E-state index in [1.807, 2.05) is 61.2 Å². The maximum atomic E-state index is 13.0. The number of nitrogens with zero attached hydrogens (tertiary/aromatic N) is 3. The molecule has 5 nitrogen and oxygen atoms in total. The fraction of sp³-hybridized carbons (Fsp3) is 0.286. The number of benzene rings is 2. The maximum Gasteiger partial charge on any atom is 0.240 e. The lowest BCUT2D eigenvalue weighted by Crippen LogP contribution is -2.35. The quantitative estimate of drug-likeness (QED) is 0.534. The number of anilines is 2. The summed E-state index contributed by atoms with van der Waals surface area (Å²) in [4.78, 5) is 24.2. The molecule has 1 N–H and O–H groups in total. The topological polar surface area (TPSA) is 58.1 Å². The normalized spacial score (nSPS) is 14.2. The Balaban J connectivity index is 1.58. The van der Waals surface area contributed by atoms with Gasteiger partial charge in [0.2, 0.25) is 5.91 Å². The number of thioether (sulfide) groups is 1. The lowest BCUT2D eigenvalue weighted by Gasteiger charge is -2.21. The van der Waals surface area contributed by atoms with E-state index in [1.54, 1.807) is 0 Å². The van der Waals surface area contributed by atoms with Crippen LogP contribution in [0.4, 0.5) is 11.5 Å². The van der Waals surface area contributed by atoms with Crippen molar-refractivity contribution < 1.29 is 4.79 Å². The van der Waals surface area contributed by atoms with Crippen molar-refractivity contribution in [2.24, 2.45) is 0 Å². The van der Waals surface area contributed by atoms with Crippen molar-refractivity contribution in [3.8, 4) is 0 Å². The summed E-state index contributed by atoms with van der Waals surface area (Å²) in [6, 6.07) is 16.1. The highest BCUT2D eigenvalue weighted by Gasteiger charge is 2.28. The summed E-state index contributed by atoms with van der Waals surface area (Å²) in [6.45, 7) is 5.49. The minimum atomic E-state index is -0.258. The van der Waals surface area contributed by atoms with Crippen LogP contribution in [0.1, 0.15) is 19.4 Å². The van der Waals surface area contributed by atoms with E-state index in [9.17, 15) is 4.79 Å². The molecule has 0 aliphatic carbocycles. The molecule has 1 atom stereocenters. The van der Waals surface area contributed by atoms with Crippen molar-refractivity contribution in [2.75, 3.05) is 23.3 Å². The average molecular weight is 379 g/mol. The van der Waals surface area contributed by atoms with Gasteiger partial charge in [-0.3, -0.25) is 4.79 Å². The Morgan fingerprint density at radius 2 is 1.96 bits per heavy atom. The molecule has 2 heterocycles. The zero-order chi connectivity index (χ0) is 18.8. The Morgan fingerprint density at radius 3 is 2.81 bits per heavy atom. The van der Waals surface area contributed by atoms with Crippen molar-refractivity contribution in [3.63, 3.8) is 0 Å². The van der Waals surface area contributed by atoms with Gasteiger partial charge >= 0.3 is 0 Å². The molecule has 0 saturated heterocycles. The van der Waals surface area contributed by atoms with Crippen LogP contribution in [0.3, 0.4) is 0 Å². The van der Waals surface area contributed by atoms with Gasteiger partial charge in [-0.05, 0) is 44.0 Å². The molecule has 1 amide bonds. The van der Waals surface area contributed by atoms with Crippen LogP contribution < -0.4 is 10.2 Å². The Hall–Kier alpha value is -2.60. The van der Waals surface area contributed by atoms with Crippen LogP contribution in [-0.2, 0) is 11.2 Å². The van der Waals surface area contributed by atoms with E-state index < -0.39 is 0 Å². The van der Waals surface area contributed by atoms with Gasteiger partial charge in [0.25, 0.3) is 0 Å². The summed E-state index contributed by atoms with van der Waals surface area (Å²) in [7, 11) is 0. The largest absolute Gasteiger partial charge is 0.370 e. The molecule has 27 heavy (non-hydrogen) atoms. The number of carbonyl (C=O) groups is 1. The Morgan fingerprint density at radius 1 is 1.19 bits per heavy atom. The SMILES string of the molecule is CCNc1nc(SC(C)C(=O)N2CCc3ccccc32)nc2ccccc12. The summed E-state index contributed by atoms with van der Waals surface area (Å²) in [5.41, 5.74) is 3.15. The summed E-state index contributed by atoms with van der Waals surface area (Å²) < 4.78 is 0. The van der Waals surface area contributed by atoms with Gasteiger partial charge in [0, 0.05) is 24.2 Å². The molecule has 3 aromatic rings. The Kier molecular flexibility index (Phi) is 4.99. The van der Waals surface area contributed by atoms with E-state index in [-0.39, 0.29) is 11.2 Å². The van der Waals surface area contributed by atoms with Crippen LogP contribution >= 0.6 is 11.8 Å². The van der Waals surface area contributed by atoms with E-state index in [0.29, 0.717) is 5.16 Å². The zero-order valence-corrected chi connectivity index (χ0v) is 16.3. The minimum Gasteiger partial charge on any atom is -0.370 e. The van der Waals surface area contributed by atoms with Crippen molar-refractivity contribution in [1.82, 2.24) is 9.97 Å². The van der Waals surface area contributed by atoms with Gasteiger partial charge in [0.1, 0.15) is 5.82 Å². The third-order valence-electron chi connectivity index (χ3n) is 4.71. The van der Waals surface area contributed by atoms with E-state index in [1.165, 1.54) is 17.3 Å². The number of nitrogens with one attached hydrogen (secondary N) is 1. The van der Waals surface area contributed by atoms with Crippen molar-refractivity contribution >= 4 is 40.1 Å². The molecule has 138 valence electrons. The highest BCUT2D eigenvalue weighted by Crippen LogP contribution is 2.32. The van der Waals surface area contributed by atoms with Crippen molar-refractivity contribution in [3.05, 3.63) is 54.1 Å². The highest BCUT2D eigenvalue weighted by molar-refractivity contribution is 8.00.